The summed E-state index contributed by atoms with van der Waals surface area (Å²) in [5.41, 5.74) is 2.39. The first-order valence-electron chi connectivity index (χ1n) is 10.7. The van der Waals surface area contributed by atoms with E-state index < -0.39 is 10.1 Å². The quantitative estimate of drug-likeness (QED) is 0.526. The summed E-state index contributed by atoms with van der Waals surface area (Å²) in [7, 11) is -3.99. The van der Waals surface area contributed by atoms with Gasteiger partial charge in [0.25, 0.3) is 5.91 Å². The third-order valence-corrected chi connectivity index (χ3v) is 7.07. The van der Waals surface area contributed by atoms with Gasteiger partial charge in [0.1, 0.15) is 16.5 Å². The number of rotatable bonds is 5. The molecule has 1 amide bonds. The fourth-order valence-corrected chi connectivity index (χ4v) is 5.09. The van der Waals surface area contributed by atoms with Gasteiger partial charge in [0.15, 0.2) is 0 Å². The number of hydrogen-bond acceptors (Lipinski definition) is 5. The van der Waals surface area contributed by atoms with E-state index in [1.807, 2.05) is 17.9 Å². The number of carbonyl (C=O) groups excluding carboxylic acids is 1. The number of benzene rings is 3. The zero-order chi connectivity index (χ0) is 23.6. The second-order valence-corrected chi connectivity index (χ2v) is 9.58. The molecule has 33 heavy (non-hydrogen) atoms. The van der Waals surface area contributed by atoms with Gasteiger partial charge < -0.3 is 14.0 Å². The number of carbonyl (C=O) groups is 1. The molecule has 0 aromatic heterocycles. The Kier molecular flexibility index (Phi) is 6.37. The molecular weight excluding hydrogens is 443 g/mol. The fraction of sp³-hybridized carbons (Fsp3) is 0.240. The van der Waals surface area contributed by atoms with E-state index in [4.69, 9.17) is 4.18 Å². The standard InChI is InChI=1S/C25H25FN2O4S/c1-18-7-8-19(2)24(17-18)33(30,31)32-21-11-9-20(10-12-21)25(29)28-15-13-27(14-16-28)23-6-4-3-5-22(23)26/h3-12,17H,13-16H2,1-2H3. The molecule has 3 aromatic rings. The lowest BCUT2D eigenvalue weighted by atomic mass is 10.1. The SMILES string of the molecule is Cc1ccc(C)c(S(=O)(=O)Oc2ccc(C(=O)N3CCN(c4ccccc4F)CC3)cc2)c1. The number of anilines is 1. The Morgan fingerprint density at radius 2 is 1.58 bits per heavy atom. The van der Waals surface area contributed by atoms with E-state index in [0.717, 1.165) is 5.56 Å². The molecule has 1 fully saturated rings. The summed E-state index contributed by atoms with van der Waals surface area (Å²) in [4.78, 5) is 16.6. The maximum Gasteiger partial charge on any atom is 0.339 e. The lowest BCUT2D eigenvalue weighted by Gasteiger charge is -2.36. The van der Waals surface area contributed by atoms with Crippen molar-refractivity contribution in [1.82, 2.24) is 4.90 Å². The molecule has 6 nitrogen and oxygen atoms in total. The molecule has 172 valence electrons. The summed E-state index contributed by atoms with van der Waals surface area (Å²) in [6.07, 6.45) is 0. The highest BCUT2D eigenvalue weighted by atomic mass is 32.2. The molecule has 0 aliphatic carbocycles. The van der Waals surface area contributed by atoms with Crippen molar-refractivity contribution in [2.75, 3.05) is 31.1 Å². The minimum Gasteiger partial charge on any atom is -0.379 e. The van der Waals surface area contributed by atoms with Gasteiger partial charge in [-0.2, -0.15) is 8.42 Å². The first kappa shape index (κ1) is 22.8. The Labute approximate surface area is 193 Å². The van der Waals surface area contributed by atoms with E-state index >= 15 is 0 Å². The first-order chi connectivity index (χ1) is 15.7. The van der Waals surface area contributed by atoms with Crippen LogP contribution in [0.1, 0.15) is 21.5 Å². The number of piperazine rings is 1. The maximum atomic E-state index is 14.0. The van der Waals surface area contributed by atoms with Crippen LogP contribution in [0.5, 0.6) is 5.75 Å². The number of aryl methyl sites for hydroxylation is 2. The largest absolute Gasteiger partial charge is 0.379 e. The topological polar surface area (TPSA) is 66.9 Å². The van der Waals surface area contributed by atoms with Gasteiger partial charge in [0.05, 0.1) is 5.69 Å². The minimum absolute atomic E-state index is 0.121. The highest BCUT2D eigenvalue weighted by Crippen LogP contribution is 2.24. The zero-order valence-electron chi connectivity index (χ0n) is 18.5. The Morgan fingerprint density at radius 1 is 0.909 bits per heavy atom. The van der Waals surface area contributed by atoms with Crippen LogP contribution in [0.3, 0.4) is 0 Å². The van der Waals surface area contributed by atoms with Crippen LogP contribution < -0.4 is 9.08 Å². The average Bonchev–Trinajstić information content (AvgIpc) is 2.81. The predicted molar refractivity (Wildman–Crippen MR) is 125 cm³/mol. The van der Waals surface area contributed by atoms with Gasteiger partial charge in [-0.05, 0) is 67.4 Å². The van der Waals surface area contributed by atoms with E-state index in [9.17, 15) is 17.6 Å². The van der Waals surface area contributed by atoms with Gasteiger partial charge in [-0.3, -0.25) is 4.79 Å². The summed E-state index contributed by atoms with van der Waals surface area (Å²) in [5.74, 6) is -0.298. The molecular formula is C25H25FN2O4S. The summed E-state index contributed by atoms with van der Waals surface area (Å²) in [6, 6.07) is 17.8. The average molecular weight is 469 g/mol. The molecule has 0 spiro atoms. The zero-order valence-corrected chi connectivity index (χ0v) is 19.3. The second-order valence-electron chi connectivity index (χ2n) is 8.06. The molecule has 8 heteroatoms. The number of para-hydroxylation sites is 1. The number of halogens is 1. The Balaban J connectivity index is 1.41. The molecule has 0 radical (unpaired) electrons. The van der Waals surface area contributed by atoms with Crippen LogP contribution in [0.25, 0.3) is 0 Å². The van der Waals surface area contributed by atoms with Crippen molar-refractivity contribution in [3.05, 3.63) is 89.2 Å². The van der Waals surface area contributed by atoms with Crippen LogP contribution in [0.4, 0.5) is 10.1 Å². The van der Waals surface area contributed by atoms with Crippen LogP contribution in [0.15, 0.2) is 71.6 Å². The molecule has 0 unspecified atom stereocenters. The summed E-state index contributed by atoms with van der Waals surface area (Å²) in [6.45, 7) is 5.52. The third-order valence-electron chi connectivity index (χ3n) is 5.68. The third kappa shape index (κ3) is 5.01. The van der Waals surface area contributed by atoms with Crippen LogP contribution in [-0.2, 0) is 10.1 Å². The molecule has 0 saturated carbocycles. The summed E-state index contributed by atoms with van der Waals surface area (Å²) >= 11 is 0. The maximum absolute atomic E-state index is 14.0. The van der Waals surface area contributed by atoms with Crippen molar-refractivity contribution in [2.24, 2.45) is 0 Å². The molecule has 0 N–H and O–H groups in total. The first-order valence-corrected chi connectivity index (χ1v) is 12.1. The monoisotopic (exact) mass is 468 g/mol. The number of hydrogen-bond donors (Lipinski definition) is 0. The number of amides is 1. The lowest BCUT2D eigenvalue weighted by Crippen LogP contribution is -2.49. The van der Waals surface area contributed by atoms with Crippen LogP contribution in [0, 0.1) is 19.7 Å². The molecule has 0 atom stereocenters. The van der Waals surface area contributed by atoms with E-state index in [1.54, 1.807) is 54.3 Å². The Morgan fingerprint density at radius 3 is 2.24 bits per heavy atom. The molecule has 3 aromatic carbocycles. The highest BCUT2D eigenvalue weighted by molar-refractivity contribution is 7.87. The predicted octanol–water partition coefficient (Wildman–Crippen LogP) is 4.17. The van der Waals surface area contributed by atoms with Crippen LogP contribution >= 0.6 is 0 Å². The van der Waals surface area contributed by atoms with Crippen molar-refractivity contribution in [3.8, 4) is 5.75 Å². The van der Waals surface area contributed by atoms with Crippen LogP contribution in [-0.4, -0.2) is 45.4 Å². The molecule has 0 bridgehead atoms. The summed E-state index contributed by atoms with van der Waals surface area (Å²) in [5, 5.41) is 0. The van der Waals surface area contributed by atoms with E-state index in [2.05, 4.69) is 0 Å². The van der Waals surface area contributed by atoms with Crippen molar-refractivity contribution in [2.45, 2.75) is 18.7 Å². The van der Waals surface area contributed by atoms with Crippen molar-refractivity contribution in [1.29, 1.82) is 0 Å². The van der Waals surface area contributed by atoms with E-state index in [0.29, 0.717) is 43.0 Å². The number of nitrogens with zero attached hydrogens (tertiary/aromatic N) is 2. The van der Waals surface area contributed by atoms with Gasteiger partial charge in [-0.15, -0.1) is 0 Å². The summed E-state index contributed by atoms with van der Waals surface area (Å²) < 4.78 is 44.7. The Bertz CT molecular complexity index is 1270. The second kappa shape index (κ2) is 9.23. The van der Waals surface area contributed by atoms with Crippen molar-refractivity contribution < 1.29 is 21.8 Å². The van der Waals surface area contributed by atoms with E-state index in [1.165, 1.54) is 18.2 Å². The molecule has 1 aliphatic rings. The normalized spacial score (nSPS) is 14.3. The van der Waals surface area contributed by atoms with Gasteiger partial charge in [0.2, 0.25) is 0 Å². The van der Waals surface area contributed by atoms with Gasteiger partial charge >= 0.3 is 10.1 Å². The molecule has 4 rings (SSSR count). The Hall–Kier alpha value is -3.39. The van der Waals surface area contributed by atoms with Gasteiger partial charge in [-0.1, -0.05) is 24.3 Å². The lowest BCUT2D eigenvalue weighted by molar-refractivity contribution is 0.0746. The van der Waals surface area contributed by atoms with Gasteiger partial charge in [0, 0.05) is 31.7 Å². The van der Waals surface area contributed by atoms with E-state index in [-0.39, 0.29) is 22.4 Å². The highest BCUT2D eigenvalue weighted by Gasteiger charge is 2.24. The molecule has 1 aliphatic heterocycles. The minimum atomic E-state index is -3.99. The molecule has 1 saturated heterocycles. The molecule has 1 heterocycles. The van der Waals surface area contributed by atoms with Gasteiger partial charge in [-0.25, -0.2) is 4.39 Å². The van der Waals surface area contributed by atoms with Crippen molar-refractivity contribution in [3.63, 3.8) is 0 Å². The van der Waals surface area contributed by atoms with Crippen LogP contribution in [0.2, 0.25) is 0 Å². The fourth-order valence-electron chi connectivity index (χ4n) is 3.84. The van der Waals surface area contributed by atoms with Crippen molar-refractivity contribution >= 4 is 21.7 Å². The smallest absolute Gasteiger partial charge is 0.339 e.